The lowest BCUT2D eigenvalue weighted by Gasteiger charge is -2.26. The van der Waals surface area contributed by atoms with Gasteiger partial charge < -0.3 is 16.0 Å². The van der Waals surface area contributed by atoms with Crippen LogP contribution in [0.15, 0.2) is 24.5 Å². The molecule has 4 N–H and O–H groups in total. The Bertz CT molecular complexity index is 883. The number of fused-ring (bicyclic) bond motifs is 2. The normalized spacial score (nSPS) is 17.1. The summed E-state index contributed by atoms with van der Waals surface area (Å²) in [5.41, 5.74) is 10.0. The molecule has 7 nitrogen and oxygen atoms in total. The predicted octanol–water partition coefficient (Wildman–Crippen LogP) is 1.64. The molecule has 0 fully saturated rings. The van der Waals surface area contributed by atoms with E-state index in [0.717, 1.165) is 41.8 Å². The number of rotatable bonds is 2. The Hall–Kier alpha value is -3.01. The molecule has 0 radical (unpaired) electrons. The Kier molecular flexibility index (Phi) is 2.76. The van der Waals surface area contributed by atoms with Crippen LogP contribution < -0.4 is 11.1 Å². The fourth-order valence-corrected chi connectivity index (χ4v) is 3.00. The highest BCUT2D eigenvalue weighted by molar-refractivity contribution is 5.95. The van der Waals surface area contributed by atoms with Crippen molar-refractivity contribution in [1.29, 1.82) is 5.26 Å². The predicted molar refractivity (Wildman–Crippen MR) is 83.2 cm³/mol. The highest BCUT2D eigenvalue weighted by atomic mass is 15.3. The van der Waals surface area contributed by atoms with Gasteiger partial charge in [0.15, 0.2) is 5.69 Å². The van der Waals surface area contributed by atoms with E-state index in [0.29, 0.717) is 11.4 Å². The lowest BCUT2D eigenvalue weighted by Crippen LogP contribution is -2.32. The standard InChI is InChI=1S/C15H15N7/c16-6-10-5-11-2-1-9(8-22(11)21-10)20-14-12-3-4-18-15(12)19-7-13(14)17/h3-5,7,9H,1-2,8,17H2,(H2,18,19,20)/t9-/m0/s1. The SMILES string of the molecule is N#Cc1cc2n(n1)C[C@@H](Nc1c(N)cnc3[nH]ccc13)CC2. The molecule has 3 aromatic rings. The van der Waals surface area contributed by atoms with E-state index >= 15 is 0 Å². The second kappa shape index (κ2) is 4.77. The first-order valence-corrected chi connectivity index (χ1v) is 7.19. The van der Waals surface area contributed by atoms with Gasteiger partial charge in [-0.2, -0.15) is 10.4 Å². The number of hydrogen-bond donors (Lipinski definition) is 3. The smallest absolute Gasteiger partial charge is 0.162 e. The number of hydrogen-bond acceptors (Lipinski definition) is 5. The van der Waals surface area contributed by atoms with Crippen LogP contribution in [0.1, 0.15) is 17.8 Å². The first kappa shape index (κ1) is 12.7. The molecule has 22 heavy (non-hydrogen) atoms. The summed E-state index contributed by atoms with van der Waals surface area (Å²) < 4.78 is 1.91. The molecule has 4 rings (SSSR count). The molecule has 0 amide bonds. The second-order valence-corrected chi connectivity index (χ2v) is 5.52. The Morgan fingerprint density at radius 1 is 1.50 bits per heavy atom. The number of nitrogens with zero attached hydrogens (tertiary/aromatic N) is 4. The van der Waals surface area contributed by atoms with E-state index in [2.05, 4.69) is 26.5 Å². The summed E-state index contributed by atoms with van der Waals surface area (Å²) in [4.78, 5) is 7.36. The van der Waals surface area contributed by atoms with Crippen LogP contribution in [0.2, 0.25) is 0 Å². The van der Waals surface area contributed by atoms with E-state index < -0.39 is 0 Å². The van der Waals surface area contributed by atoms with Gasteiger partial charge in [-0.15, -0.1) is 0 Å². The van der Waals surface area contributed by atoms with Crippen molar-refractivity contribution in [2.45, 2.75) is 25.4 Å². The maximum atomic E-state index is 8.95. The third-order valence-electron chi connectivity index (χ3n) is 4.08. The first-order valence-electron chi connectivity index (χ1n) is 7.19. The Morgan fingerprint density at radius 3 is 3.27 bits per heavy atom. The van der Waals surface area contributed by atoms with Gasteiger partial charge in [-0.1, -0.05) is 0 Å². The summed E-state index contributed by atoms with van der Waals surface area (Å²) in [7, 11) is 0. The van der Waals surface area contributed by atoms with Crippen molar-refractivity contribution in [2.75, 3.05) is 11.1 Å². The molecule has 1 atom stereocenters. The monoisotopic (exact) mass is 293 g/mol. The average Bonchev–Trinajstić information content (AvgIpc) is 3.15. The summed E-state index contributed by atoms with van der Waals surface area (Å²) >= 11 is 0. The van der Waals surface area contributed by atoms with E-state index in [1.807, 2.05) is 23.0 Å². The average molecular weight is 293 g/mol. The van der Waals surface area contributed by atoms with Crippen LogP contribution in [0.25, 0.3) is 11.0 Å². The number of anilines is 2. The number of pyridine rings is 1. The second-order valence-electron chi connectivity index (χ2n) is 5.52. The van der Waals surface area contributed by atoms with Gasteiger partial charge in [0.2, 0.25) is 0 Å². The van der Waals surface area contributed by atoms with Gasteiger partial charge >= 0.3 is 0 Å². The van der Waals surface area contributed by atoms with Crippen LogP contribution in [-0.2, 0) is 13.0 Å². The summed E-state index contributed by atoms with van der Waals surface area (Å²) in [5, 5.41) is 17.8. The molecule has 4 heterocycles. The van der Waals surface area contributed by atoms with Gasteiger partial charge in [-0.3, -0.25) is 4.68 Å². The van der Waals surface area contributed by atoms with Gasteiger partial charge in [0.05, 0.1) is 24.1 Å². The Balaban J connectivity index is 1.63. The Morgan fingerprint density at radius 2 is 2.41 bits per heavy atom. The molecule has 0 unspecified atom stereocenters. The zero-order valence-electron chi connectivity index (χ0n) is 11.9. The maximum Gasteiger partial charge on any atom is 0.162 e. The number of aromatic nitrogens is 4. The number of nitrogens with one attached hydrogen (secondary N) is 2. The minimum Gasteiger partial charge on any atom is -0.396 e. The van der Waals surface area contributed by atoms with Gasteiger partial charge in [0.1, 0.15) is 11.7 Å². The van der Waals surface area contributed by atoms with Crippen LogP contribution >= 0.6 is 0 Å². The quantitative estimate of drug-likeness (QED) is 0.665. The zero-order chi connectivity index (χ0) is 15.1. The van der Waals surface area contributed by atoms with Crippen molar-refractivity contribution in [3.8, 4) is 6.07 Å². The lowest BCUT2D eigenvalue weighted by atomic mass is 10.0. The van der Waals surface area contributed by atoms with E-state index in [1.54, 1.807) is 6.20 Å². The fourth-order valence-electron chi connectivity index (χ4n) is 3.00. The highest BCUT2D eigenvalue weighted by Crippen LogP contribution is 2.29. The minimum atomic E-state index is 0.224. The van der Waals surface area contributed by atoms with Crippen LogP contribution in [-0.4, -0.2) is 25.8 Å². The molecule has 0 saturated carbocycles. The number of aromatic amines is 1. The van der Waals surface area contributed by atoms with E-state index in [1.165, 1.54) is 0 Å². The molecule has 0 saturated heterocycles. The molecule has 1 aliphatic rings. The molecular weight excluding hydrogens is 278 g/mol. The Labute approximate surface area is 126 Å². The van der Waals surface area contributed by atoms with Crippen LogP contribution in [0, 0.1) is 11.3 Å². The van der Waals surface area contributed by atoms with Gasteiger partial charge in [-0.05, 0) is 25.0 Å². The topological polar surface area (TPSA) is 108 Å². The van der Waals surface area contributed by atoms with Crippen molar-refractivity contribution in [2.24, 2.45) is 0 Å². The number of nitriles is 1. The third-order valence-corrected chi connectivity index (χ3v) is 4.08. The molecule has 3 aromatic heterocycles. The molecule has 0 aliphatic carbocycles. The number of nitrogens with two attached hydrogens (primary N) is 1. The van der Waals surface area contributed by atoms with Crippen LogP contribution in [0.3, 0.4) is 0 Å². The third kappa shape index (κ3) is 1.97. The highest BCUT2D eigenvalue weighted by Gasteiger charge is 2.21. The molecule has 0 spiro atoms. The molecule has 7 heteroatoms. The van der Waals surface area contributed by atoms with Gasteiger partial charge in [0.25, 0.3) is 0 Å². The van der Waals surface area contributed by atoms with Crippen molar-refractivity contribution >= 4 is 22.4 Å². The molecule has 110 valence electrons. The lowest BCUT2D eigenvalue weighted by molar-refractivity contribution is 0.447. The number of H-pyrrole nitrogens is 1. The molecule has 0 bridgehead atoms. The zero-order valence-corrected chi connectivity index (χ0v) is 11.9. The van der Waals surface area contributed by atoms with E-state index in [-0.39, 0.29) is 6.04 Å². The molecule has 1 aliphatic heterocycles. The van der Waals surface area contributed by atoms with Gasteiger partial charge in [0, 0.05) is 23.3 Å². The van der Waals surface area contributed by atoms with Crippen LogP contribution in [0.4, 0.5) is 11.4 Å². The van der Waals surface area contributed by atoms with Crippen LogP contribution in [0.5, 0.6) is 0 Å². The van der Waals surface area contributed by atoms with Crippen molar-refractivity contribution in [3.63, 3.8) is 0 Å². The summed E-state index contributed by atoms with van der Waals surface area (Å²) in [5.74, 6) is 0. The molecular formula is C15H15N7. The van der Waals surface area contributed by atoms with E-state index in [4.69, 9.17) is 11.0 Å². The maximum absolute atomic E-state index is 8.95. The summed E-state index contributed by atoms with van der Waals surface area (Å²) in [6.07, 6.45) is 5.39. The first-order chi connectivity index (χ1) is 10.7. The van der Waals surface area contributed by atoms with E-state index in [9.17, 15) is 0 Å². The summed E-state index contributed by atoms with van der Waals surface area (Å²) in [6.45, 7) is 0.727. The van der Waals surface area contributed by atoms with Crippen molar-refractivity contribution in [3.05, 3.63) is 35.9 Å². The molecule has 0 aromatic carbocycles. The summed E-state index contributed by atoms with van der Waals surface area (Å²) in [6, 6.07) is 6.15. The number of nitrogen functional groups attached to an aromatic ring is 1. The van der Waals surface area contributed by atoms with Crippen molar-refractivity contribution in [1.82, 2.24) is 19.7 Å². The number of aryl methyl sites for hydroxylation is 1. The van der Waals surface area contributed by atoms with Gasteiger partial charge in [-0.25, -0.2) is 4.98 Å². The van der Waals surface area contributed by atoms with Crippen molar-refractivity contribution < 1.29 is 0 Å². The largest absolute Gasteiger partial charge is 0.396 e. The fraction of sp³-hybridized carbons (Fsp3) is 0.267. The minimum absolute atomic E-state index is 0.224.